The van der Waals surface area contributed by atoms with Gasteiger partial charge in [0.1, 0.15) is 6.10 Å². The van der Waals surface area contributed by atoms with E-state index in [2.05, 4.69) is 13.8 Å². The van der Waals surface area contributed by atoms with E-state index in [9.17, 15) is 4.79 Å². The Morgan fingerprint density at radius 1 is 1.06 bits per heavy atom. The first-order valence-electron chi connectivity index (χ1n) is 7.00. The summed E-state index contributed by atoms with van der Waals surface area (Å²) >= 11 is 5.55. The van der Waals surface area contributed by atoms with E-state index in [1.165, 1.54) is 25.7 Å². The number of rotatable bonds is 11. The molecule has 0 aliphatic heterocycles. The molecule has 0 rings (SSSR count). The summed E-state index contributed by atoms with van der Waals surface area (Å²) in [6.45, 7) is 4.33. The quantitative estimate of drug-likeness (QED) is 0.307. The standard InChI is InChI=1S/C14H27ClO2/c1-3-5-6-7-10-13(9-4-2)17-14(16)11-8-12-15/h13H,3-12H2,1-2H3. The van der Waals surface area contributed by atoms with E-state index in [1.54, 1.807) is 0 Å². The Morgan fingerprint density at radius 2 is 1.82 bits per heavy atom. The summed E-state index contributed by atoms with van der Waals surface area (Å²) < 4.78 is 5.48. The maximum absolute atomic E-state index is 11.5. The summed E-state index contributed by atoms with van der Waals surface area (Å²) in [6.07, 6.45) is 9.30. The van der Waals surface area contributed by atoms with E-state index in [1.807, 2.05) is 0 Å². The number of ether oxygens (including phenoxy) is 1. The molecular formula is C14H27ClO2. The molecule has 2 nitrogen and oxygen atoms in total. The Hall–Kier alpha value is -0.240. The lowest BCUT2D eigenvalue weighted by molar-refractivity contribution is -0.149. The van der Waals surface area contributed by atoms with Crippen molar-refractivity contribution in [2.45, 2.75) is 77.7 Å². The highest BCUT2D eigenvalue weighted by atomic mass is 35.5. The fourth-order valence-corrected chi connectivity index (χ4v) is 1.97. The Kier molecular flexibility index (Phi) is 12.1. The van der Waals surface area contributed by atoms with Crippen LogP contribution in [0.25, 0.3) is 0 Å². The molecule has 17 heavy (non-hydrogen) atoms. The largest absolute Gasteiger partial charge is 0.462 e. The molecule has 0 aromatic heterocycles. The third-order valence-electron chi connectivity index (χ3n) is 2.80. The van der Waals surface area contributed by atoms with Crippen LogP contribution in [-0.4, -0.2) is 18.0 Å². The van der Waals surface area contributed by atoms with Crippen LogP contribution in [0.5, 0.6) is 0 Å². The van der Waals surface area contributed by atoms with Crippen molar-refractivity contribution in [1.29, 1.82) is 0 Å². The third-order valence-corrected chi connectivity index (χ3v) is 3.07. The summed E-state index contributed by atoms with van der Waals surface area (Å²) in [5.41, 5.74) is 0. The average Bonchev–Trinajstić information content (AvgIpc) is 2.32. The summed E-state index contributed by atoms with van der Waals surface area (Å²) in [7, 11) is 0. The summed E-state index contributed by atoms with van der Waals surface area (Å²) in [5, 5.41) is 0. The maximum Gasteiger partial charge on any atom is 0.306 e. The summed E-state index contributed by atoms with van der Waals surface area (Å²) in [4.78, 5) is 11.5. The van der Waals surface area contributed by atoms with Crippen molar-refractivity contribution in [2.75, 3.05) is 5.88 Å². The highest BCUT2D eigenvalue weighted by molar-refractivity contribution is 6.17. The number of carbonyl (C=O) groups excluding carboxylic acids is 1. The molecule has 0 saturated carbocycles. The van der Waals surface area contributed by atoms with Crippen molar-refractivity contribution in [3.63, 3.8) is 0 Å². The molecule has 0 saturated heterocycles. The van der Waals surface area contributed by atoms with Gasteiger partial charge in [-0.1, -0.05) is 39.5 Å². The molecular weight excluding hydrogens is 236 g/mol. The topological polar surface area (TPSA) is 26.3 Å². The Morgan fingerprint density at radius 3 is 2.41 bits per heavy atom. The van der Waals surface area contributed by atoms with Crippen LogP contribution in [0.3, 0.4) is 0 Å². The smallest absolute Gasteiger partial charge is 0.306 e. The summed E-state index contributed by atoms with van der Waals surface area (Å²) in [5.74, 6) is 0.448. The number of carbonyl (C=O) groups is 1. The monoisotopic (exact) mass is 262 g/mol. The highest BCUT2D eigenvalue weighted by Crippen LogP contribution is 2.14. The van der Waals surface area contributed by atoms with Crippen molar-refractivity contribution >= 4 is 17.6 Å². The van der Waals surface area contributed by atoms with E-state index < -0.39 is 0 Å². The number of hydrogen-bond donors (Lipinski definition) is 0. The molecule has 1 atom stereocenters. The lowest BCUT2D eigenvalue weighted by Crippen LogP contribution is -2.18. The predicted molar refractivity (Wildman–Crippen MR) is 73.5 cm³/mol. The molecule has 102 valence electrons. The van der Waals surface area contributed by atoms with Crippen LogP contribution in [0.4, 0.5) is 0 Å². The van der Waals surface area contributed by atoms with E-state index in [4.69, 9.17) is 16.3 Å². The second-order valence-corrected chi connectivity index (χ2v) is 4.92. The lowest BCUT2D eigenvalue weighted by atomic mass is 10.1. The number of hydrogen-bond acceptors (Lipinski definition) is 2. The minimum atomic E-state index is -0.0837. The fourth-order valence-electron chi connectivity index (χ4n) is 1.84. The van der Waals surface area contributed by atoms with Gasteiger partial charge in [-0.05, 0) is 25.7 Å². The van der Waals surface area contributed by atoms with Gasteiger partial charge in [-0.25, -0.2) is 0 Å². The van der Waals surface area contributed by atoms with Crippen molar-refractivity contribution in [1.82, 2.24) is 0 Å². The third kappa shape index (κ3) is 10.6. The Balaban J connectivity index is 3.75. The Labute approximate surface area is 111 Å². The maximum atomic E-state index is 11.5. The van der Waals surface area contributed by atoms with Crippen molar-refractivity contribution in [3.8, 4) is 0 Å². The zero-order valence-corrected chi connectivity index (χ0v) is 12.1. The number of halogens is 1. The zero-order chi connectivity index (χ0) is 12.9. The molecule has 0 aromatic carbocycles. The molecule has 0 spiro atoms. The van der Waals surface area contributed by atoms with Gasteiger partial charge in [0.05, 0.1) is 0 Å². The molecule has 0 aliphatic carbocycles. The minimum absolute atomic E-state index is 0.0837. The van der Waals surface area contributed by atoms with Crippen LogP contribution >= 0.6 is 11.6 Å². The van der Waals surface area contributed by atoms with Crippen molar-refractivity contribution < 1.29 is 9.53 Å². The second-order valence-electron chi connectivity index (χ2n) is 4.54. The van der Waals surface area contributed by atoms with Gasteiger partial charge in [-0.15, -0.1) is 11.6 Å². The first kappa shape index (κ1) is 16.8. The van der Waals surface area contributed by atoms with Crippen molar-refractivity contribution in [2.24, 2.45) is 0 Å². The Bertz CT molecular complexity index is 183. The van der Waals surface area contributed by atoms with Crippen molar-refractivity contribution in [3.05, 3.63) is 0 Å². The van der Waals surface area contributed by atoms with Crippen LogP contribution in [0.2, 0.25) is 0 Å². The second kappa shape index (κ2) is 12.2. The van der Waals surface area contributed by atoms with Crippen LogP contribution in [-0.2, 0) is 9.53 Å². The normalized spacial score (nSPS) is 12.4. The van der Waals surface area contributed by atoms with Crippen LogP contribution in [0, 0.1) is 0 Å². The van der Waals surface area contributed by atoms with E-state index in [0.717, 1.165) is 25.7 Å². The van der Waals surface area contributed by atoms with Gasteiger partial charge in [0.15, 0.2) is 0 Å². The zero-order valence-electron chi connectivity index (χ0n) is 11.3. The highest BCUT2D eigenvalue weighted by Gasteiger charge is 2.12. The minimum Gasteiger partial charge on any atom is -0.462 e. The number of esters is 1. The van der Waals surface area contributed by atoms with Gasteiger partial charge in [0.25, 0.3) is 0 Å². The van der Waals surface area contributed by atoms with E-state index in [-0.39, 0.29) is 12.1 Å². The van der Waals surface area contributed by atoms with Crippen LogP contribution in [0.1, 0.15) is 71.6 Å². The van der Waals surface area contributed by atoms with Crippen LogP contribution in [0.15, 0.2) is 0 Å². The average molecular weight is 263 g/mol. The van der Waals surface area contributed by atoms with Gasteiger partial charge in [-0.2, -0.15) is 0 Å². The molecule has 0 amide bonds. The van der Waals surface area contributed by atoms with E-state index in [0.29, 0.717) is 12.3 Å². The fraction of sp³-hybridized carbons (Fsp3) is 0.929. The van der Waals surface area contributed by atoms with E-state index >= 15 is 0 Å². The molecule has 1 unspecified atom stereocenters. The number of unbranched alkanes of at least 4 members (excludes halogenated alkanes) is 3. The predicted octanol–water partition coefficient (Wildman–Crippen LogP) is 4.69. The van der Waals surface area contributed by atoms with Gasteiger partial charge in [0, 0.05) is 12.3 Å². The van der Waals surface area contributed by atoms with Gasteiger partial charge in [-0.3, -0.25) is 4.79 Å². The van der Waals surface area contributed by atoms with Gasteiger partial charge in [0.2, 0.25) is 0 Å². The molecule has 0 aliphatic rings. The van der Waals surface area contributed by atoms with Gasteiger partial charge >= 0.3 is 5.97 Å². The molecule has 0 fully saturated rings. The summed E-state index contributed by atoms with van der Waals surface area (Å²) in [6, 6.07) is 0. The van der Waals surface area contributed by atoms with Crippen LogP contribution < -0.4 is 0 Å². The number of alkyl halides is 1. The lowest BCUT2D eigenvalue weighted by Gasteiger charge is -2.17. The molecule has 0 radical (unpaired) electrons. The molecule has 3 heteroatoms. The molecule has 0 N–H and O–H groups in total. The first-order chi connectivity index (χ1) is 8.24. The molecule has 0 bridgehead atoms. The molecule has 0 aromatic rings. The van der Waals surface area contributed by atoms with Gasteiger partial charge < -0.3 is 4.74 Å². The first-order valence-corrected chi connectivity index (χ1v) is 7.53. The SMILES string of the molecule is CCCCCCC(CCC)OC(=O)CCCCl. The molecule has 0 heterocycles.